The molecule has 168 valence electrons. The van der Waals surface area contributed by atoms with E-state index in [9.17, 15) is 9.59 Å². The Morgan fingerprint density at radius 1 is 1.12 bits per heavy atom. The molecule has 32 heavy (non-hydrogen) atoms. The van der Waals surface area contributed by atoms with Crippen molar-refractivity contribution in [2.45, 2.75) is 33.1 Å². The van der Waals surface area contributed by atoms with Gasteiger partial charge in [-0.1, -0.05) is 26.0 Å². The summed E-state index contributed by atoms with van der Waals surface area (Å²) in [5, 5.41) is 10.1. The van der Waals surface area contributed by atoms with E-state index in [-0.39, 0.29) is 17.7 Å². The Bertz CT molecular complexity index is 1050. The molecule has 0 unspecified atom stereocenters. The second-order valence-corrected chi connectivity index (χ2v) is 7.54. The summed E-state index contributed by atoms with van der Waals surface area (Å²) < 4.78 is 6.96. The van der Waals surface area contributed by atoms with Crippen LogP contribution in [0.3, 0.4) is 0 Å². The minimum atomic E-state index is -0.287. The molecule has 0 bridgehead atoms. The number of amides is 2. The SMILES string of the molecule is CCOCCCNC(=O)c1cccc(NC(=O)c2cnn(-c3ccccn3)c2C(C)C)c1. The number of anilines is 1. The van der Waals surface area contributed by atoms with E-state index in [1.807, 2.05) is 39.0 Å². The van der Waals surface area contributed by atoms with Crippen LogP contribution in [0.4, 0.5) is 5.69 Å². The van der Waals surface area contributed by atoms with Crippen molar-refractivity contribution in [3.05, 3.63) is 71.7 Å². The molecule has 0 aliphatic rings. The lowest BCUT2D eigenvalue weighted by atomic mass is 10.1. The van der Waals surface area contributed by atoms with Gasteiger partial charge in [0.25, 0.3) is 11.8 Å². The molecule has 0 radical (unpaired) electrons. The molecule has 3 aromatic rings. The van der Waals surface area contributed by atoms with Crippen LogP contribution in [0, 0.1) is 0 Å². The van der Waals surface area contributed by atoms with Crippen molar-refractivity contribution >= 4 is 17.5 Å². The van der Waals surface area contributed by atoms with Gasteiger partial charge in [0.1, 0.15) is 0 Å². The third kappa shape index (κ3) is 5.79. The van der Waals surface area contributed by atoms with Gasteiger partial charge in [0.2, 0.25) is 0 Å². The second-order valence-electron chi connectivity index (χ2n) is 7.54. The fraction of sp³-hybridized carbons (Fsp3) is 0.333. The number of carbonyl (C=O) groups excluding carboxylic acids is 2. The maximum Gasteiger partial charge on any atom is 0.259 e. The van der Waals surface area contributed by atoms with E-state index in [1.54, 1.807) is 41.3 Å². The number of nitrogens with one attached hydrogen (secondary N) is 2. The summed E-state index contributed by atoms with van der Waals surface area (Å²) in [6.45, 7) is 7.74. The first kappa shape index (κ1) is 23.1. The van der Waals surface area contributed by atoms with E-state index in [0.717, 1.165) is 12.1 Å². The Balaban J connectivity index is 1.72. The highest BCUT2D eigenvalue weighted by molar-refractivity contribution is 6.06. The van der Waals surface area contributed by atoms with Crippen molar-refractivity contribution in [1.82, 2.24) is 20.1 Å². The summed E-state index contributed by atoms with van der Waals surface area (Å²) in [7, 11) is 0. The topological polar surface area (TPSA) is 98.1 Å². The second kappa shape index (κ2) is 11.2. The zero-order valence-corrected chi connectivity index (χ0v) is 18.7. The van der Waals surface area contributed by atoms with Crippen molar-refractivity contribution in [3.8, 4) is 5.82 Å². The summed E-state index contributed by atoms with van der Waals surface area (Å²) in [6.07, 6.45) is 3.98. The summed E-state index contributed by atoms with van der Waals surface area (Å²) in [4.78, 5) is 29.8. The zero-order valence-electron chi connectivity index (χ0n) is 18.7. The van der Waals surface area contributed by atoms with Gasteiger partial charge >= 0.3 is 0 Å². The predicted octanol–water partition coefficient (Wildman–Crippen LogP) is 3.80. The van der Waals surface area contributed by atoms with Gasteiger partial charge in [-0.2, -0.15) is 5.10 Å². The van der Waals surface area contributed by atoms with Gasteiger partial charge in [-0.3, -0.25) is 9.59 Å². The standard InChI is InChI=1S/C24H29N5O3/c1-4-32-14-8-13-26-23(30)18-9-7-10-19(15-18)28-24(31)20-16-27-29(22(20)17(2)3)21-11-5-6-12-25-21/h5-7,9-12,15-17H,4,8,13-14H2,1-3H3,(H,26,30)(H,28,31). The normalized spacial score (nSPS) is 10.9. The molecule has 0 spiro atoms. The van der Waals surface area contributed by atoms with E-state index in [1.165, 1.54) is 0 Å². The lowest BCUT2D eigenvalue weighted by Crippen LogP contribution is -2.25. The third-order valence-electron chi connectivity index (χ3n) is 4.80. The molecule has 3 rings (SSSR count). The van der Waals surface area contributed by atoms with Crippen molar-refractivity contribution in [3.63, 3.8) is 0 Å². The highest BCUT2D eigenvalue weighted by atomic mass is 16.5. The molecule has 8 heteroatoms. The number of pyridine rings is 1. The van der Waals surface area contributed by atoms with Crippen molar-refractivity contribution in [2.24, 2.45) is 0 Å². The monoisotopic (exact) mass is 435 g/mol. The van der Waals surface area contributed by atoms with Crippen LogP contribution in [0.25, 0.3) is 5.82 Å². The van der Waals surface area contributed by atoms with Crippen LogP contribution in [0.2, 0.25) is 0 Å². The summed E-state index contributed by atoms with van der Waals surface area (Å²) in [5.74, 6) is 0.223. The molecular formula is C24H29N5O3. The quantitative estimate of drug-likeness (QED) is 0.472. The van der Waals surface area contributed by atoms with Gasteiger partial charge < -0.3 is 15.4 Å². The van der Waals surface area contributed by atoms with Gasteiger partial charge in [-0.25, -0.2) is 9.67 Å². The summed E-state index contributed by atoms with van der Waals surface area (Å²) in [6, 6.07) is 12.4. The van der Waals surface area contributed by atoms with Crippen LogP contribution in [0.1, 0.15) is 59.5 Å². The van der Waals surface area contributed by atoms with Crippen LogP contribution in [-0.4, -0.2) is 46.3 Å². The molecule has 0 aliphatic carbocycles. The van der Waals surface area contributed by atoms with Gasteiger partial charge in [-0.15, -0.1) is 0 Å². The first-order valence-corrected chi connectivity index (χ1v) is 10.8. The first-order valence-electron chi connectivity index (χ1n) is 10.8. The van der Waals surface area contributed by atoms with E-state index in [0.29, 0.717) is 42.4 Å². The first-order chi connectivity index (χ1) is 15.5. The molecule has 0 saturated carbocycles. The van der Waals surface area contributed by atoms with Gasteiger partial charge in [0.05, 0.1) is 17.5 Å². The van der Waals surface area contributed by atoms with E-state index in [2.05, 4.69) is 20.7 Å². The molecular weight excluding hydrogens is 406 g/mol. The van der Waals surface area contributed by atoms with Crippen LogP contribution >= 0.6 is 0 Å². The van der Waals surface area contributed by atoms with E-state index < -0.39 is 0 Å². The highest BCUT2D eigenvalue weighted by Crippen LogP contribution is 2.23. The molecule has 2 heterocycles. The molecule has 2 aromatic heterocycles. The fourth-order valence-corrected chi connectivity index (χ4v) is 3.31. The zero-order chi connectivity index (χ0) is 22.9. The number of rotatable bonds is 10. The maximum atomic E-state index is 13.0. The average molecular weight is 436 g/mol. The number of carbonyl (C=O) groups is 2. The van der Waals surface area contributed by atoms with Crippen LogP contribution < -0.4 is 10.6 Å². The number of hydrogen-bond acceptors (Lipinski definition) is 5. The molecule has 0 saturated heterocycles. The highest BCUT2D eigenvalue weighted by Gasteiger charge is 2.21. The Kier molecular flexibility index (Phi) is 8.10. The Labute approximate surface area is 188 Å². The van der Waals surface area contributed by atoms with Crippen LogP contribution in [0.5, 0.6) is 0 Å². The Hall–Kier alpha value is -3.52. The molecule has 2 N–H and O–H groups in total. The van der Waals surface area contributed by atoms with Gasteiger partial charge in [0.15, 0.2) is 5.82 Å². The van der Waals surface area contributed by atoms with E-state index >= 15 is 0 Å². The van der Waals surface area contributed by atoms with Gasteiger partial charge in [-0.05, 0) is 49.6 Å². The number of aromatic nitrogens is 3. The van der Waals surface area contributed by atoms with Crippen LogP contribution in [-0.2, 0) is 4.74 Å². The molecule has 2 amide bonds. The molecule has 1 aromatic carbocycles. The Morgan fingerprint density at radius 2 is 1.97 bits per heavy atom. The van der Waals surface area contributed by atoms with Crippen LogP contribution in [0.15, 0.2) is 54.9 Å². The number of benzene rings is 1. The van der Waals surface area contributed by atoms with E-state index in [4.69, 9.17) is 4.74 Å². The predicted molar refractivity (Wildman–Crippen MR) is 123 cm³/mol. The minimum Gasteiger partial charge on any atom is -0.382 e. The molecule has 0 fully saturated rings. The summed E-state index contributed by atoms with van der Waals surface area (Å²) >= 11 is 0. The molecule has 8 nitrogen and oxygen atoms in total. The third-order valence-corrected chi connectivity index (χ3v) is 4.80. The molecule has 0 aliphatic heterocycles. The fourth-order valence-electron chi connectivity index (χ4n) is 3.31. The Morgan fingerprint density at radius 3 is 2.69 bits per heavy atom. The number of ether oxygens (including phenoxy) is 1. The smallest absolute Gasteiger partial charge is 0.259 e. The largest absolute Gasteiger partial charge is 0.382 e. The minimum absolute atomic E-state index is 0.0501. The van der Waals surface area contributed by atoms with Crippen molar-refractivity contribution in [2.75, 3.05) is 25.1 Å². The lowest BCUT2D eigenvalue weighted by molar-refractivity contribution is 0.0943. The summed E-state index contributed by atoms with van der Waals surface area (Å²) in [5.41, 5.74) is 2.26. The van der Waals surface area contributed by atoms with Crippen molar-refractivity contribution in [1.29, 1.82) is 0 Å². The number of hydrogen-bond donors (Lipinski definition) is 2. The lowest BCUT2D eigenvalue weighted by Gasteiger charge is -2.13. The molecule has 0 atom stereocenters. The maximum absolute atomic E-state index is 13.0. The average Bonchev–Trinajstić information content (AvgIpc) is 3.25. The van der Waals surface area contributed by atoms with Crippen molar-refractivity contribution < 1.29 is 14.3 Å². The van der Waals surface area contributed by atoms with Gasteiger partial charge in [0, 0.05) is 37.2 Å². The number of nitrogens with zero attached hydrogens (tertiary/aromatic N) is 3.